The molecule has 0 aliphatic carbocycles. The van der Waals surface area contributed by atoms with Crippen molar-refractivity contribution in [1.82, 2.24) is 0 Å². The normalized spacial score (nSPS) is 20.1. The summed E-state index contributed by atoms with van der Waals surface area (Å²) in [6.45, 7) is 2.83. The van der Waals surface area contributed by atoms with E-state index in [0.29, 0.717) is 12.3 Å². The van der Waals surface area contributed by atoms with E-state index in [1.165, 1.54) is 13.0 Å². The van der Waals surface area contributed by atoms with Crippen LogP contribution < -0.4 is 4.90 Å². The summed E-state index contributed by atoms with van der Waals surface area (Å²) in [6, 6.07) is 4.73. The maximum absolute atomic E-state index is 12.9. The maximum atomic E-state index is 12.9. The number of alkyl halides is 3. The molecule has 1 atom stereocenters. The first-order chi connectivity index (χ1) is 8.93. The maximum Gasteiger partial charge on any atom is 0.416 e. The number of benzene rings is 1. The van der Waals surface area contributed by atoms with E-state index in [-0.39, 0.29) is 11.6 Å². The molecule has 2 nitrogen and oxygen atoms in total. The Hall–Kier alpha value is -1.23. The Balaban J connectivity index is 2.30. The van der Waals surface area contributed by atoms with E-state index in [2.05, 4.69) is 0 Å². The molecule has 1 aromatic carbocycles. The zero-order chi connectivity index (χ0) is 14.0. The molecule has 1 fully saturated rings. The van der Waals surface area contributed by atoms with Crippen molar-refractivity contribution in [2.75, 3.05) is 25.2 Å². The smallest absolute Gasteiger partial charge is 0.383 e. The lowest BCUT2D eigenvalue weighted by molar-refractivity contribution is -0.138. The van der Waals surface area contributed by atoms with Gasteiger partial charge >= 0.3 is 6.18 Å². The van der Waals surface area contributed by atoms with Gasteiger partial charge in [-0.1, -0.05) is 6.07 Å². The van der Waals surface area contributed by atoms with Gasteiger partial charge in [0.1, 0.15) is 0 Å². The van der Waals surface area contributed by atoms with Gasteiger partial charge in [0, 0.05) is 19.3 Å². The SMILES string of the molecule is COC[C@@H]1CCCN1c1ccc(C)c(C(F)(F)F)c1. The van der Waals surface area contributed by atoms with Crippen LogP contribution in [-0.4, -0.2) is 26.3 Å². The zero-order valence-corrected chi connectivity index (χ0v) is 11.1. The van der Waals surface area contributed by atoms with Crippen LogP contribution in [0.5, 0.6) is 0 Å². The van der Waals surface area contributed by atoms with Crippen molar-refractivity contribution in [3.63, 3.8) is 0 Å². The number of nitrogens with zero attached hydrogens (tertiary/aromatic N) is 1. The van der Waals surface area contributed by atoms with Crippen LogP contribution in [0.1, 0.15) is 24.0 Å². The lowest BCUT2D eigenvalue weighted by Gasteiger charge is -2.27. The molecule has 0 aromatic heterocycles. The summed E-state index contributed by atoms with van der Waals surface area (Å²) in [5, 5.41) is 0. The molecule has 0 spiro atoms. The largest absolute Gasteiger partial charge is 0.416 e. The highest BCUT2D eigenvalue weighted by molar-refractivity contribution is 5.53. The van der Waals surface area contributed by atoms with Crippen LogP contribution >= 0.6 is 0 Å². The third-order valence-corrected chi connectivity index (χ3v) is 3.59. The summed E-state index contributed by atoms with van der Waals surface area (Å²) in [7, 11) is 1.62. The van der Waals surface area contributed by atoms with Crippen LogP contribution in [0.3, 0.4) is 0 Å². The molecule has 5 heteroatoms. The Morgan fingerprint density at radius 1 is 1.37 bits per heavy atom. The Morgan fingerprint density at radius 2 is 2.11 bits per heavy atom. The molecule has 0 bridgehead atoms. The van der Waals surface area contributed by atoms with Crippen molar-refractivity contribution < 1.29 is 17.9 Å². The molecule has 106 valence electrons. The monoisotopic (exact) mass is 273 g/mol. The number of ether oxygens (including phenoxy) is 1. The summed E-state index contributed by atoms with van der Waals surface area (Å²) in [5.74, 6) is 0. The number of aryl methyl sites for hydroxylation is 1. The van der Waals surface area contributed by atoms with Crippen molar-refractivity contribution in [3.05, 3.63) is 29.3 Å². The fourth-order valence-corrected chi connectivity index (χ4v) is 2.64. The standard InChI is InChI=1S/C14H18F3NO/c1-10-5-6-11(8-13(10)14(15,16)17)18-7-3-4-12(18)9-19-2/h5-6,8,12H,3-4,7,9H2,1-2H3/t12-/m0/s1. The van der Waals surface area contributed by atoms with Gasteiger partial charge in [0.15, 0.2) is 0 Å². The van der Waals surface area contributed by atoms with Crippen molar-refractivity contribution in [2.24, 2.45) is 0 Å². The third-order valence-electron chi connectivity index (χ3n) is 3.59. The average Bonchev–Trinajstić information content (AvgIpc) is 2.77. The van der Waals surface area contributed by atoms with Gasteiger partial charge in [-0.05, 0) is 37.5 Å². The molecule has 19 heavy (non-hydrogen) atoms. The first-order valence-corrected chi connectivity index (χ1v) is 6.37. The van der Waals surface area contributed by atoms with Crippen molar-refractivity contribution in [3.8, 4) is 0 Å². The number of hydrogen-bond acceptors (Lipinski definition) is 2. The van der Waals surface area contributed by atoms with Gasteiger partial charge in [0.25, 0.3) is 0 Å². The second kappa shape index (κ2) is 5.41. The van der Waals surface area contributed by atoms with Crippen LogP contribution in [0.25, 0.3) is 0 Å². The minimum atomic E-state index is -4.30. The first kappa shape index (κ1) is 14.2. The summed E-state index contributed by atoms with van der Waals surface area (Å²) >= 11 is 0. The Kier molecular flexibility index (Phi) is 4.04. The minimum Gasteiger partial charge on any atom is -0.383 e. The van der Waals surface area contributed by atoms with Crippen molar-refractivity contribution in [1.29, 1.82) is 0 Å². The Morgan fingerprint density at radius 3 is 2.74 bits per heavy atom. The van der Waals surface area contributed by atoms with Gasteiger partial charge in [-0.2, -0.15) is 13.2 Å². The molecule has 1 saturated heterocycles. The molecule has 0 N–H and O–H groups in total. The lowest BCUT2D eigenvalue weighted by Crippen LogP contribution is -2.33. The molecule has 0 unspecified atom stereocenters. The second-order valence-corrected chi connectivity index (χ2v) is 4.94. The highest BCUT2D eigenvalue weighted by Gasteiger charge is 2.34. The van der Waals surface area contributed by atoms with Crippen molar-refractivity contribution in [2.45, 2.75) is 32.0 Å². The number of halogens is 3. The Bertz CT molecular complexity index is 445. The van der Waals surface area contributed by atoms with Gasteiger partial charge in [-0.25, -0.2) is 0 Å². The number of methoxy groups -OCH3 is 1. The molecular formula is C14H18F3NO. The van der Waals surface area contributed by atoms with Gasteiger partial charge < -0.3 is 9.64 Å². The van der Waals surface area contributed by atoms with Gasteiger partial charge in [-0.3, -0.25) is 0 Å². The van der Waals surface area contributed by atoms with E-state index in [0.717, 1.165) is 19.4 Å². The highest BCUT2D eigenvalue weighted by Crippen LogP contribution is 2.35. The zero-order valence-electron chi connectivity index (χ0n) is 11.1. The van der Waals surface area contributed by atoms with Crippen LogP contribution in [0.2, 0.25) is 0 Å². The highest BCUT2D eigenvalue weighted by atomic mass is 19.4. The molecule has 1 aliphatic heterocycles. The van der Waals surface area contributed by atoms with Gasteiger partial charge in [-0.15, -0.1) is 0 Å². The predicted octanol–water partition coefficient (Wildman–Crippen LogP) is 3.63. The average molecular weight is 273 g/mol. The molecule has 0 amide bonds. The fourth-order valence-electron chi connectivity index (χ4n) is 2.64. The van der Waals surface area contributed by atoms with E-state index in [4.69, 9.17) is 4.74 Å². The van der Waals surface area contributed by atoms with Crippen molar-refractivity contribution >= 4 is 5.69 Å². The second-order valence-electron chi connectivity index (χ2n) is 4.94. The molecule has 2 rings (SSSR count). The third kappa shape index (κ3) is 3.03. The number of hydrogen-bond donors (Lipinski definition) is 0. The molecule has 0 radical (unpaired) electrons. The first-order valence-electron chi connectivity index (χ1n) is 6.37. The molecular weight excluding hydrogens is 255 g/mol. The van der Waals surface area contributed by atoms with Gasteiger partial charge in [0.2, 0.25) is 0 Å². The lowest BCUT2D eigenvalue weighted by atomic mass is 10.1. The van der Waals surface area contributed by atoms with Crippen LogP contribution in [0.4, 0.5) is 18.9 Å². The quantitative estimate of drug-likeness (QED) is 0.834. The predicted molar refractivity (Wildman–Crippen MR) is 68.4 cm³/mol. The molecule has 1 heterocycles. The fraction of sp³-hybridized carbons (Fsp3) is 0.571. The van der Waals surface area contributed by atoms with Gasteiger partial charge in [0.05, 0.1) is 18.2 Å². The van der Waals surface area contributed by atoms with E-state index in [1.807, 2.05) is 4.90 Å². The number of rotatable bonds is 3. The van der Waals surface area contributed by atoms with Crippen LogP contribution in [-0.2, 0) is 10.9 Å². The summed E-state index contributed by atoms with van der Waals surface area (Å²) < 4.78 is 43.9. The summed E-state index contributed by atoms with van der Waals surface area (Å²) in [5.41, 5.74) is 0.351. The topological polar surface area (TPSA) is 12.5 Å². The summed E-state index contributed by atoms with van der Waals surface area (Å²) in [4.78, 5) is 2.01. The van der Waals surface area contributed by atoms with E-state index >= 15 is 0 Å². The molecule has 0 saturated carbocycles. The molecule has 1 aliphatic rings. The van der Waals surface area contributed by atoms with E-state index in [1.54, 1.807) is 19.2 Å². The Labute approximate surface area is 111 Å². The minimum absolute atomic E-state index is 0.175. The summed E-state index contributed by atoms with van der Waals surface area (Å²) in [6.07, 6.45) is -2.34. The van der Waals surface area contributed by atoms with E-state index < -0.39 is 11.7 Å². The van der Waals surface area contributed by atoms with Crippen LogP contribution in [0.15, 0.2) is 18.2 Å². The van der Waals surface area contributed by atoms with E-state index in [9.17, 15) is 13.2 Å². The van der Waals surface area contributed by atoms with Crippen LogP contribution in [0, 0.1) is 6.92 Å². The number of anilines is 1. The molecule has 1 aromatic rings.